The number of fused-ring (bicyclic) bond motifs is 10. The fraction of sp³-hybridized carbons (Fsp3) is 0.683. The summed E-state index contributed by atoms with van der Waals surface area (Å²) in [6.45, 7) is 5.71. The first kappa shape index (κ1) is 58.5. The van der Waals surface area contributed by atoms with Gasteiger partial charge in [0.25, 0.3) is 0 Å². The van der Waals surface area contributed by atoms with E-state index in [1.54, 1.807) is 29.9 Å². The number of guanidine groups is 1. The van der Waals surface area contributed by atoms with Gasteiger partial charge in [-0.3, -0.25) is 19.4 Å². The Hall–Kier alpha value is -4.32. The highest BCUT2D eigenvalue weighted by Crippen LogP contribution is 2.73. The molecule has 13 N–H and O–H groups in total. The van der Waals surface area contributed by atoms with Crippen LogP contribution < -0.4 is 16.8 Å². The second-order valence-electron chi connectivity index (χ2n) is 26.7. The number of benzene rings is 1. The Bertz CT molecular complexity index is 2850. The number of ether oxygens (including phenoxy) is 1. The Kier molecular flexibility index (Phi) is 16.5. The van der Waals surface area contributed by atoms with Crippen molar-refractivity contribution in [2.24, 2.45) is 98.3 Å². The third kappa shape index (κ3) is 10.3. The number of phenolic OH excluding ortho intramolecular Hbond substituents is 1. The predicted octanol–water partition coefficient (Wildman–Crippen LogP) is 5.86. The standard InChI is InChI=1S/C63H85N5O11S2/c1-33-7-8-35-11-14-43-39(29-69)24-50(73)61(3,77)57-37(6-4-5-36(23-45(43)44(35)21-33)46-30-79-58(76)51(46)38-16-19-66-27-38)25-63(78)53-48(15-17-62(57,63)18-20-67-59(64)65)60(2)26-49(72)55(74)47-32-81-80-31-40(34-9-12-41(70)13-10-34)22-42(71)28-68-54(53)56(75)52(47)60/h9-13,16,19,27,33,36-37,39-40,43-52,55,57,66,68-70,72-74,77-78H,6-8,14-15,17-18,20-26,28-32H2,1-3H3,(H4,64,65,67)/t33-,36+,37+,39+,40+,43+,44+,45+,46+,47+,48+,49+,50-,51+,52+,55-,57-,60-,61+,62+,63-/m1/s1. The Morgan fingerprint density at radius 2 is 1.72 bits per heavy atom. The van der Waals surface area contributed by atoms with Gasteiger partial charge in [-0.25, -0.2) is 0 Å². The molecule has 0 spiro atoms. The zero-order chi connectivity index (χ0) is 57.3. The van der Waals surface area contributed by atoms with Crippen LogP contribution in [0.3, 0.4) is 0 Å². The van der Waals surface area contributed by atoms with Gasteiger partial charge in [0.15, 0.2) is 17.5 Å². The number of aliphatic hydroxyl groups excluding tert-OH is 4. The van der Waals surface area contributed by atoms with Gasteiger partial charge >= 0.3 is 5.97 Å². The molecule has 440 valence electrons. The van der Waals surface area contributed by atoms with Crippen molar-refractivity contribution in [1.82, 2.24) is 10.3 Å². The summed E-state index contributed by atoms with van der Waals surface area (Å²) in [4.78, 5) is 51.9. The second-order valence-corrected chi connectivity index (χ2v) is 29.2. The zero-order valence-corrected chi connectivity index (χ0v) is 48.7. The summed E-state index contributed by atoms with van der Waals surface area (Å²) in [7, 11) is 3.05. The Morgan fingerprint density at radius 1 is 0.938 bits per heavy atom. The van der Waals surface area contributed by atoms with Gasteiger partial charge in [0, 0.05) is 90.8 Å². The van der Waals surface area contributed by atoms with Crippen LogP contribution in [0.15, 0.2) is 70.6 Å². The number of ketones is 2. The van der Waals surface area contributed by atoms with Crippen LogP contribution in [0.25, 0.3) is 0 Å². The number of nitrogens with one attached hydrogen (secondary N) is 2. The monoisotopic (exact) mass is 1150 g/mol. The first-order chi connectivity index (χ1) is 38.7. The number of rotatable bonds is 7. The third-order valence-electron chi connectivity index (χ3n) is 22.3. The maximum atomic E-state index is 16.0. The summed E-state index contributed by atoms with van der Waals surface area (Å²) in [6.07, 6.45) is 7.86. The average Bonchev–Trinajstić information content (AvgIpc) is 2.36. The summed E-state index contributed by atoms with van der Waals surface area (Å²) >= 11 is 0. The average molecular weight is 1150 g/mol. The van der Waals surface area contributed by atoms with Crippen LogP contribution in [0, 0.1) is 93.7 Å². The molecule has 2 bridgehead atoms. The number of carbonyl (C=O) groups excluding carboxylic acids is 3. The van der Waals surface area contributed by atoms with Crippen molar-refractivity contribution < 1.29 is 54.9 Å². The van der Waals surface area contributed by atoms with E-state index < -0.39 is 81.8 Å². The fourth-order valence-corrected chi connectivity index (χ4v) is 21.4. The second kappa shape index (κ2) is 22.9. The highest BCUT2D eigenvalue weighted by atomic mass is 33.1. The minimum absolute atomic E-state index is 0.00361. The molecular weight excluding hydrogens is 1070 g/mol. The molecule has 2 aliphatic heterocycles. The highest BCUT2D eigenvalue weighted by molar-refractivity contribution is 8.76. The molecule has 6 fully saturated rings. The van der Waals surface area contributed by atoms with Crippen LogP contribution in [-0.2, 0) is 19.1 Å². The van der Waals surface area contributed by atoms with E-state index in [1.165, 1.54) is 16.4 Å². The molecule has 0 radical (unpaired) electrons. The molecule has 7 aliphatic carbocycles. The molecule has 3 heterocycles. The van der Waals surface area contributed by atoms with Crippen molar-refractivity contribution >= 4 is 45.1 Å². The number of hydrogen-bond donors (Lipinski definition) is 11. The number of aliphatic imine (C=N–C) groups is 1. The number of allylic oxidation sites excluding steroid dienone is 3. The highest BCUT2D eigenvalue weighted by Gasteiger charge is 2.74. The number of Topliss-reactive ketones (excluding diaryl/α,β-unsaturated/α-hetero) is 2. The van der Waals surface area contributed by atoms with Crippen LogP contribution in [0.4, 0.5) is 0 Å². The number of aromatic nitrogens is 1. The number of carbonyl (C=O) groups is 3. The van der Waals surface area contributed by atoms with Crippen LogP contribution in [0.2, 0.25) is 0 Å². The van der Waals surface area contributed by atoms with Crippen LogP contribution in [0.5, 0.6) is 5.75 Å². The van der Waals surface area contributed by atoms with Crippen molar-refractivity contribution in [3.63, 3.8) is 0 Å². The molecule has 4 saturated carbocycles. The largest absolute Gasteiger partial charge is 0.508 e. The lowest BCUT2D eigenvalue weighted by Crippen LogP contribution is -2.67. The quantitative estimate of drug-likeness (QED) is 0.0387. The van der Waals surface area contributed by atoms with Crippen molar-refractivity contribution in [2.45, 2.75) is 146 Å². The van der Waals surface area contributed by atoms with Gasteiger partial charge in [0.1, 0.15) is 5.75 Å². The number of aromatic hydroxyl groups is 1. The Balaban J connectivity index is 1.07. The SMILES string of the molecule is C[C@@H]1CCC2=CC[C@H]3[C@H](CO)C[C@@H](O)[C@](C)(O)[C@H]4[C@@H](CC#C[C@H]([C@@H]5COC(=O)[C@H]5c5cc[nH]c5)C[C@@H]3[C@H]2C1)C[C@@]1(O)C2=C3NCC(=O)C[C@H](c5ccc(O)cc5)CSSC[C@@H]5[C@@H](O)[C@@H](O)C[C@@](C)([C@@H]5C3=O)[C@H]2CC[C@]41CCN=C(N)N. The van der Waals surface area contributed by atoms with Gasteiger partial charge in [0.2, 0.25) is 0 Å². The molecule has 81 heavy (non-hydrogen) atoms. The number of H-pyrrole nitrogens is 1. The predicted molar refractivity (Wildman–Crippen MR) is 311 cm³/mol. The lowest BCUT2D eigenvalue weighted by atomic mass is 9.43. The normalized spacial score (nSPS) is 43.6. The number of hydrogen-bond acceptors (Lipinski definition) is 15. The summed E-state index contributed by atoms with van der Waals surface area (Å²) in [6, 6.07) is 8.73. The number of nitrogens with zero attached hydrogens (tertiary/aromatic N) is 1. The lowest BCUT2D eigenvalue weighted by molar-refractivity contribution is -0.194. The maximum absolute atomic E-state index is 16.0. The van der Waals surface area contributed by atoms with Crippen molar-refractivity contribution in [3.05, 3.63) is 76.8 Å². The van der Waals surface area contributed by atoms with E-state index in [0.717, 1.165) is 30.4 Å². The molecule has 2 saturated heterocycles. The molecule has 9 aliphatic rings. The molecular formula is C63H85N5O11S2. The van der Waals surface area contributed by atoms with E-state index in [1.807, 2.05) is 37.5 Å². The minimum atomic E-state index is -1.93. The molecule has 16 nitrogen and oxygen atoms in total. The topological polar surface area (TPSA) is 294 Å². The Morgan fingerprint density at radius 3 is 2.46 bits per heavy atom. The van der Waals surface area contributed by atoms with Gasteiger partial charge in [-0.05, 0) is 159 Å². The number of aliphatic hydroxyl groups is 6. The van der Waals surface area contributed by atoms with Gasteiger partial charge in [0.05, 0.1) is 54.3 Å². The van der Waals surface area contributed by atoms with Crippen molar-refractivity contribution in [2.75, 3.05) is 37.8 Å². The number of esters is 1. The minimum Gasteiger partial charge on any atom is -0.508 e. The van der Waals surface area contributed by atoms with Crippen LogP contribution >= 0.6 is 21.6 Å². The summed E-state index contributed by atoms with van der Waals surface area (Å²) in [5.74, 6) is 2.67. The molecule has 0 unspecified atom stereocenters. The number of nitrogens with two attached hydrogens (primary N) is 2. The van der Waals surface area contributed by atoms with Crippen LogP contribution in [0.1, 0.15) is 127 Å². The van der Waals surface area contributed by atoms with Gasteiger partial charge in [-0.1, -0.05) is 65.1 Å². The smallest absolute Gasteiger partial charge is 0.313 e. The van der Waals surface area contributed by atoms with Gasteiger partial charge < -0.3 is 62.3 Å². The first-order valence-electron chi connectivity index (χ1n) is 29.9. The fourth-order valence-electron chi connectivity index (χ4n) is 18.6. The summed E-state index contributed by atoms with van der Waals surface area (Å²) in [5, 5.41) is 90.5. The van der Waals surface area contributed by atoms with Gasteiger partial charge in [-0.15, -0.1) is 5.92 Å². The van der Waals surface area contributed by atoms with E-state index in [4.69, 9.17) is 16.2 Å². The number of aromatic amines is 1. The molecule has 0 amide bonds. The van der Waals surface area contributed by atoms with Crippen molar-refractivity contribution in [3.8, 4) is 17.6 Å². The van der Waals surface area contributed by atoms with Gasteiger partial charge in [-0.2, -0.15) is 0 Å². The lowest BCUT2D eigenvalue weighted by Gasteiger charge is -2.63. The van der Waals surface area contributed by atoms with E-state index in [-0.39, 0.29) is 135 Å². The number of phenols is 1. The molecule has 1 aromatic carbocycles. The molecule has 11 rings (SSSR count). The zero-order valence-electron chi connectivity index (χ0n) is 47.1. The maximum Gasteiger partial charge on any atom is 0.313 e. The van der Waals surface area contributed by atoms with Crippen molar-refractivity contribution in [1.29, 1.82) is 0 Å². The van der Waals surface area contributed by atoms with Crippen LogP contribution in [-0.4, -0.2) is 132 Å². The molecule has 18 heteroatoms. The van der Waals surface area contributed by atoms with E-state index in [9.17, 15) is 45.3 Å². The summed E-state index contributed by atoms with van der Waals surface area (Å²) in [5.41, 5.74) is 9.61. The van der Waals surface area contributed by atoms with E-state index in [2.05, 4.69) is 40.1 Å². The summed E-state index contributed by atoms with van der Waals surface area (Å²) < 4.78 is 5.93. The Labute approximate surface area is 484 Å². The molecule has 21 atom stereocenters. The van der Waals surface area contributed by atoms with E-state index in [0.29, 0.717) is 48.7 Å². The third-order valence-corrected chi connectivity index (χ3v) is 24.9. The molecule has 2 aromatic rings. The molecule has 1 aromatic heterocycles. The van der Waals surface area contributed by atoms with E-state index >= 15 is 4.79 Å². The number of cyclic esters (lactones) is 1. The first-order valence-corrected chi connectivity index (χ1v) is 32.4.